The van der Waals surface area contributed by atoms with E-state index in [1.54, 1.807) is 4.57 Å². The number of nitrogens with two attached hydrogens (primary N) is 3. The van der Waals surface area contributed by atoms with E-state index in [-0.39, 0.29) is 28.5 Å². The summed E-state index contributed by atoms with van der Waals surface area (Å²) in [5, 5.41) is 4.36. The first kappa shape index (κ1) is 39.6. The predicted octanol–water partition coefficient (Wildman–Crippen LogP) is 6.86. The Bertz CT molecular complexity index is 1800. The smallest absolute Gasteiger partial charge is 0.370 e. The number of nitrogens with zero attached hydrogens (tertiary/aromatic N) is 3. The highest BCUT2D eigenvalue weighted by Gasteiger charge is 2.34. The van der Waals surface area contributed by atoms with Crippen LogP contribution in [0.3, 0.4) is 0 Å². The molecule has 12 heteroatoms. The fourth-order valence-electron chi connectivity index (χ4n) is 6.20. The average Bonchev–Trinajstić information content (AvgIpc) is 3.45. The zero-order chi connectivity index (χ0) is 37.7. The number of alkyl halides is 3. The van der Waals surface area contributed by atoms with E-state index in [0.29, 0.717) is 30.6 Å². The van der Waals surface area contributed by atoms with Crippen LogP contribution in [0.15, 0.2) is 64.5 Å². The van der Waals surface area contributed by atoms with Crippen LogP contribution in [0.4, 0.5) is 13.2 Å². The topological polar surface area (TPSA) is 153 Å². The van der Waals surface area contributed by atoms with Gasteiger partial charge in [-0.25, -0.2) is 4.79 Å². The van der Waals surface area contributed by atoms with Crippen LogP contribution in [0.1, 0.15) is 102 Å². The molecule has 1 atom stereocenters. The van der Waals surface area contributed by atoms with Crippen molar-refractivity contribution < 1.29 is 13.2 Å². The van der Waals surface area contributed by atoms with Crippen LogP contribution in [-0.4, -0.2) is 40.1 Å². The standard InChI is InChI=1S/C22H31N7O.C17H24F3N/c1-14(25-10-5-11-26-20(23)24)15-6-8-17(9-7-15)29-13-16-12-18(22(2,3)4)27-19(16)28-21(29)30;1-16(2,3)14-7-12(4-11-5-13(6-11)10-21)8-15(9-14)17(18,19)20/h6-9,12-14,25H,5,10-11H2,1-4H3,(H4,23,24,26)(H,27,28,30);7-9,11,13H,4-6,10,21H2,1-3H3/t14-;/m0./s1. The highest BCUT2D eigenvalue weighted by Crippen LogP contribution is 2.38. The summed E-state index contributed by atoms with van der Waals surface area (Å²) < 4.78 is 40.8. The summed E-state index contributed by atoms with van der Waals surface area (Å²) >= 11 is 0. The lowest BCUT2D eigenvalue weighted by atomic mass is 9.71. The fourth-order valence-corrected chi connectivity index (χ4v) is 6.20. The van der Waals surface area contributed by atoms with Gasteiger partial charge < -0.3 is 27.5 Å². The van der Waals surface area contributed by atoms with Gasteiger partial charge >= 0.3 is 11.9 Å². The number of rotatable bonds is 10. The van der Waals surface area contributed by atoms with Gasteiger partial charge in [0.05, 0.1) is 11.3 Å². The average molecular weight is 709 g/mol. The van der Waals surface area contributed by atoms with Gasteiger partial charge in [-0.2, -0.15) is 18.2 Å². The highest BCUT2D eigenvalue weighted by atomic mass is 19.4. The maximum Gasteiger partial charge on any atom is 0.416 e. The van der Waals surface area contributed by atoms with Crippen LogP contribution < -0.4 is 28.2 Å². The molecule has 1 aliphatic rings. The summed E-state index contributed by atoms with van der Waals surface area (Å²) in [5.74, 6) is 1.16. The second kappa shape index (κ2) is 16.0. The molecule has 4 aromatic rings. The van der Waals surface area contributed by atoms with E-state index in [0.717, 1.165) is 65.7 Å². The largest absolute Gasteiger partial charge is 0.416 e. The Hall–Kier alpha value is -4.16. The number of halogens is 3. The minimum absolute atomic E-state index is 0.0390. The molecular weight excluding hydrogens is 653 g/mol. The summed E-state index contributed by atoms with van der Waals surface area (Å²) in [5.41, 5.74) is 20.3. The van der Waals surface area contributed by atoms with Gasteiger partial charge in [0.1, 0.15) is 5.65 Å². The van der Waals surface area contributed by atoms with Crippen molar-refractivity contribution in [2.24, 2.45) is 34.0 Å². The van der Waals surface area contributed by atoms with E-state index >= 15 is 0 Å². The summed E-state index contributed by atoms with van der Waals surface area (Å²) in [7, 11) is 0. The van der Waals surface area contributed by atoms with Gasteiger partial charge in [-0.05, 0) is 110 Å². The maximum absolute atomic E-state index is 13.1. The molecular formula is C39H55F3N8O. The summed E-state index contributed by atoms with van der Waals surface area (Å²) in [6, 6.07) is 14.7. The molecule has 2 heterocycles. The van der Waals surface area contributed by atoms with Crippen molar-refractivity contribution in [2.75, 3.05) is 19.6 Å². The molecule has 0 saturated heterocycles. The SMILES string of the molecule is CC(C)(C)c1cc(CC2CC(CN)C2)cc(C(F)(F)F)c1.C[C@H](NCCCN=C(N)N)c1ccc(-n2cc3cc(C(C)(C)C)[nH]c3nc2=O)cc1. The number of H-pyrrole nitrogens is 1. The molecule has 0 spiro atoms. The minimum Gasteiger partial charge on any atom is -0.370 e. The summed E-state index contributed by atoms with van der Waals surface area (Å²) in [6.45, 7) is 16.4. The monoisotopic (exact) mass is 708 g/mol. The van der Waals surface area contributed by atoms with Crippen molar-refractivity contribution in [3.05, 3.63) is 93.2 Å². The van der Waals surface area contributed by atoms with Gasteiger partial charge in [0.2, 0.25) is 0 Å². The molecule has 0 aliphatic heterocycles. The van der Waals surface area contributed by atoms with Crippen molar-refractivity contribution >= 4 is 17.0 Å². The van der Waals surface area contributed by atoms with Crippen LogP contribution in [0.5, 0.6) is 0 Å². The van der Waals surface area contributed by atoms with Gasteiger partial charge in [0.15, 0.2) is 5.96 Å². The number of hydrogen-bond acceptors (Lipinski definition) is 5. The maximum atomic E-state index is 13.1. The van der Waals surface area contributed by atoms with Crippen LogP contribution in [0.25, 0.3) is 16.7 Å². The molecule has 2 aromatic carbocycles. The Labute approximate surface area is 299 Å². The molecule has 1 saturated carbocycles. The molecule has 8 N–H and O–H groups in total. The van der Waals surface area contributed by atoms with E-state index in [1.165, 1.54) is 12.1 Å². The van der Waals surface area contributed by atoms with E-state index in [9.17, 15) is 18.0 Å². The third-order valence-electron chi connectivity index (χ3n) is 9.44. The molecule has 9 nitrogen and oxygen atoms in total. The third-order valence-corrected chi connectivity index (χ3v) is 9.44. The van der Waals surface area contributed by atoms with E-state index in [4.69, 9.17) is 17.2 Å². The number of nitrogens with one attached hydrogen (secondary N) is 2. The zero-order valence-electron chi connectivity index (χ0n) is 31.0. The highest BCUT2D eigenvalue weighted by molar-refractivity contribution is 5.76. The van der Waals surface area contributed by atoms with Gasteiger partial charge in [-0.3, -0.25) is 9.56 Å². The number of guanidine groups is 1. The molecule has 0 unspecified atom stereocenters. The Morgan fingerprint density at radius 1 is 0.980 bits per heavy atom. The molecule has 51 heavy (non-hydrogen) atoms. The fraction of sp³-hybridized carbons (Fsp3) is 0.513. The van der Waals surface area contributed by atoms with Crippen molar-refractivity contribution in [2.45, 2.75) is 97.2 Å². The molecule has 0 radical (unpaired) electrons. The Balaban J connectivity index is 0.000000244. The van der Waals surface area contributed by atoms with Crippen molar-refractivity contribution in [1.82, 2.24) is 19.9 Å². The van der Waals surface area contributed by atoms with Crippen molar-refractivity contribution in [1.29, 1.82) is 0 Å². The Morgan fingerprint density at radius 3 is 2.20 bits per heavy atom. The molecule has 5 rings (SSSR count). The predicted molar refractivity (Wildman–Crippen MR) is 201 cm³/mol. The van der Waals surface area contributed by atoms with E-state index < -0.39 is 11.7 Å². The normalized spacial score (nSPS) is 17.0. The molecule has 0 amide bonds. The number of aliphatic imine (C=N–C) groups is 1. The molecule has 0 bridgehead atoms. The number of hydrogen-bond donors (Lipinski definition) is 5. The van der Waals surface area contributed by atoms with Gasteiger partial charge in [0, 0.05) is 35.3 Å². The number of benzene rings is 2. The number of fused-ring (bicyclic) bond motifs is 1. The third kappa shape index (κ3) is 10.9. The molecule has 1 fully saturated rings. The first-order chi connectivity index (χ1) is 23.7. The van der Waals surface area contributed by atoms with Crippen LogP contribution in [-0.2, 0) is 23.4 Å². The summed E-state index contributed by atoms with van der Waals surface area (Å²) in [4.78, 5) is 24.0. The first-order valence-corrected chi connectivity index (χ1v) is 17.7. The number of aromatic nitrogens is 3. The Morgan fingerprint density at radius 2 is 1.63 bits per heavy atom. The minimum atomic E-state index is -4.28. The van der Waals surface area contributed by atoms with Crippen molar-refractivity contribution in [3.63, 3.8) is 0 Å². The second-order valence-electron chi connectivity index (χ2n) is 15.9. The molecule has 1 aliphatic carbocycles. The number of aromatic amines is 1. The lowest BCUT2D eigenvalue weighted by Crippen LogP contribution is -2.31. The van der Waals surface area contributed by atoms with Gasteiger partial charge in [-0.1, -0.05) is 59.7 Å². The summed E-state index contributed by atoms with van der Waals surface area (Å²) in [6.07, 6.45) is 1.22. The van der Waals surface area contributed by atoms with Crippen LogP contribution in [0.2, 0.25) is 0 Å². The lowest BCUT2D eigenvalue weighted by molar-refractivity contribution is -0.137. The van der Waals surface area contributed by atoms with Gasteiger partial charge in [-0.15, -0.1) is 0 Å². The van der Waals surface area contributed by atoms with E-state index in [1.807, 2.05) is 57.3 Å². The van der Waals surface area contributed by atoms with Crippen LogP contribution in [0, 0.1) is 11.8 Å². The molecule has 2 aromatic heterocycles. The zero-order valence-corrected chi connectivity index (χ0v) is 31.0. The first-order valence-electron chi connectivity index (χ1n) is 17.7. The van der Waals surface area contributed by atoms with Crippen molar-refractivity contribution in [3.8, 4) is 5.69 Å². The molecule has 278 valence electrons. The second-order valence-corrected chi connectivity index (χ2v) is 15.9. The lowest BCUT2D eigenvalue weighted by Gasteiger charge is -2.35. The Kier molecular flexibility index (Phi) is 12.4. The van der Waals surface area contributed by atoms with Gasteiger partial charge in [0.25, 0.3) is 0 Å². The van der Waals surface area contributed by atoms with Crippen LogP contribution >= 0.6 is 0 Å². The van der Waals surface area contributed by atoms with E-state index in [2.05, 4.69) is 54.0 Å². The quantitative estimate of drug-likeness (QED) is 0.0690.